The predicted molar refractivity (Wildman–Crippen MR) is 129 cm³/mol. The summed E-state index contributed by atoms with van der Waals surface area (Å²) in [7, 11) is -2.52. The molecule has 8 nitrogen and oxygen atoms in total. The molecule has 0 saturated carbocycles. The van der Waals surface area contributed by atoms with Gasteiger partial charge in [-0.05, 0) is 55.3 Å². The van der Waals surface area contributed by atoms with E-state index < -0.39 is 15.9 Å². The van der Waals surface area contributed by atoms with Gasteiger partial charge in [-0.2, -0.15) is 0 Å². The number of para-hydroxylation sites is 2. The zero-order chi connectivity index (χ0) is 23.4. The van der Waals surface area contributed by atoms with Gasteiger partial charge in [0.05, 0.1) is 18.5 Å². The molecule has 1 fully saturated rings. The molecule has 1 saturated heterocycles. The van der Waals surface area contributed by atoms with Crippen molar-refractivity contribution in [1.29, 1.82) is 0 Å². The number of aromatic nitrogens is 1. The molecule has 0 bridgehead atoms. The van der Waals surface area contributed by atoms with Crippen LogP contribution in [0.15, 0.2) is 65.7 Å². The molecule has 2 heterocycles. The number of ether oxygens (including phenoxy) is 1. The van der Waals surface area contributed by atoms with Gasteiger partial charge in [0, 0.05) is 30.5 Å². The first-order chi connectivity index (χ1) is 15.9. The average molecular weight is 487 g/mol. The molecule has 0 aliphatic carbocycles. The summed E-state index contributed by atoms with van der Waals surface area (Å²) in [5.41, 5.74) is 1.57. The number of hydrogen-bond acceptors (Lipinski definition) is 6. The molecule has 0 unspecified atom stereocenters. The second-order valence-electron chi connectivity index (χ2n) is 7.50. The zero-order valence-corrected chi connectivity index (χ0v) is 19.5. The van der Waals surface area contributed by atoms with E-state index in [0.717, 1.165) is 25.9 Å². The van der Waals surface area contributed by atoms with E-state index in [2.05, 4.69) is 15.0 Å². The first-order valence-electron chi connectivity index (χ1n) is 10.3. The number of pyridine rings is 1. The van der Waals surface area contributed by atoms with Crippen LogP contribution in [0.25, 0.3) is 0 Å². The van der Waals surface area contributed by atoms with Crippen LogP contribution in [0.3, 0.4) is 0 Å². The number of carbonyl (C=O) groups is 1. The van der Waals surface area contributed by atoms with Gasteiger partial charge in [0.1, 0.15) is 15.8 Å². The lowest BCUT2D eigenvalue weighted by Gasteiger charge is -2.23. The highest BCUT2D eigenvalue weighted by atomic mass is 35.5. The van der Waals surface area contributed by atoms with Gasteiger partial charge >= 0.3 is 0 Å². The standard InChI is InChI=1S/C23H23ClN4O4S/c1-32-20-7-3-2-6-18(20)27-33(30,31)21-15-17(8-9-19(21)28-12-4-5-13-28)26-23(29)16-10-11-25-22(24)14-16/h2-3,6-11,14-15,27H,4-5,12-13H2,1H3,(H,26,29). The maximum atomic E-state index is 13.5. The molecular weight excluding hydrogens is 464 g/mol. The highest BCUT2D eigenvalue weighted by Gasteiger charge is 2.26. The Kier molecular flexibility index (Phi) is 6.71. The van der Waals surface area contributed by atoms with Gasteiger partial charge in [-0.15, -0.1) is 0 Å². The van der Waals surface area contributed by atoms with E-state index in [-0.39, 0.29) is 10.0 Å². The van der Waals surface area contributed by atoms with Gasteiger partial charge < -0.3 is 15.0 Å². The maximum absolute atomic E-state index is 13.5. The van der Waals surface area contributed by atoms with Crippen LogP contribution in [-0.2, 0) is 10.0 Å². The van der Waals surface area contributed by atoms with Gasteiger partial charge in [-0.3, -0.25) is 9.52 Å². The minimum atomic E-state index is -4.00. The molecular formula is C23H23ClN4O4S. The van der Waals surface area contributed by atoms with Crippen LogP contribution in [0.2, 0.25) is 5.15 Å². The average Bonchev–Trinajstić information content (AvgIpc) is 3.34. The second-order valence-corrected chi connectivity index (χ2v) is 9.54. The zero-order valence-electron chi connectivity index (χ0n) is 17.9. The lowest BCUT2D eigenvalue weighted by Crippen LogP contribution is -2.23. The Morgan fingerprint density at radius 1 is 1.09 bits per heavy atom. The lowest BCUT2D eigenvalue weighted by atomic mass is 10.2. The number of carbonyl (C=O) groups excluding carboxylic acids is 1. The summed E-state index contributed by atoms with van der Waals surface area (Å²) in [6.45, 7) is 1.52. The number of rotatable bonds is 7. The van der Waals surface area contributed by atoms with Gasteiger partial charge in [-0.1, -0.05) is 23.7 Å². The van der Waals surface area contributed by atoms with Crippen LogP contribution in [0.4, 0.5) is 17.1 Å². The van der Waals surface area contributed by atoms with Crippen molar-refractivity contribution in [2.24, 2.45) is 0 Å². The van der Waals surface area contributed by atoms with Gasteiger partial charge in [0.25, 0.3) is 15.9 Å². The minimum Gasteiger partial charge on any atom is -0.495 e. The molecule has 0 radical (unpaired) electrons. The lowest BCUT2D eigenvalue weighted by molar-refractivity contribution is 0.102. The van der Waals surface area contributed by atoms with Crippen molar-refractivity contribution in [1.82, 2.24) is 4.98 Å². The molecule has 1 aliphatic rings. The molecule has 172 valence electrons. The number of amides is 1. The van der Waals surface area contributed by atoms with E-state index in [0.29, 0.717) is 28.4 Å². The highest BCUT2D eigenvalue weighted by molar-refractivity contribution is 7.93. The molecule has 10 heteroatoms. The molecule has 0 spiro atoms. The molecule has 2 N–H and O–H groups in total. The van der Waals surface area contributed by atoms with Crippen molar-refractivity contribution in [3.05, 3.63) is 71.5 Å². The fourth-order valence-corrected chi connectivity index (χ4v) is 5.20. The van der Waals surface area contributed by atoms with Gasteiger partial charge in [0.2, 0.25) is 0 Å². The molecule has 1 aromatic heterocycles. The van der Waals surface area contributed by atoms with Gasteiger partial charge in [-0.25, -0.2) is 13.4 Å². The third kappa shape index (κ3) is 5.20. The topological polar surface area (TPSA) is 101 Å². The van der Waals surface area contributed by atoms with Crippen molar-refractivity contribution in [2.45, 2.75) is 17.7 Å². The summed E-state index contributed by atoms with van der Waals surface area (Å²) in [4.78, 5) is 18.6. The number of methoxy groups -OCH3 is 1. The van der Waals surface area contributed by atoms with Crippen molar-refractivity contribution < 1.29 is 17.9 Å². The largest absolute Gasteiger partial charge is 0.495 e. The predicted octanol–water partition coefficient (Wildman–Crippen LogP) is 4.40. The molecule has 33 heavy (non-hydrogen) atoms. The molecule has 0 atom stereocenters. The Morgan fingerprint density at radius 2 is 1.85 bits per heavy atom. The number of nitrogens with zero attached hydrogens (tertiary/aromatic N) is 2. The van der Waals surface area contributed by atoms with Crippen molar-refractivity contribution in [3.63, 3.8) is 0 Å². The fraction of sp³-hybridized carbons (Fsp3) is 0.217. The molecule has 1 aliphatic heterocycles. The van der Waals surface area contributed by atoms with Crippen molar-refractivity contribution in [2.75, 3.05) is 35.1 Å². The highest BCUT2D eigenvalue weighted by Crippen LogP contribution is 2.34. The Bertz CT molecular complexity index is 1280. The number of nitrogens with one attached hydrogen (secondary N) is 2. The number of benzene rings is 2. The van der Waals surface area contributed by atoms with E-state index in [1.165, 1.54) is 31.5 Å². The maximum Gasteiger partial charge on any atom is 0.264 e. The first kappa shape index (κ1) is 22.9. The summed E-state index contributed by atoms with van der Waals surface area (Å²) in [5, 5.41) is 2.93. The van der Waals surface area contributed by atoms with Gasteiger partial charge in [0.15, 0.2) is 0 Å². The van der Waals surface area contributed by atoms with Crippen LogP contribution in [0.1, 0.15) is 23.2 Å². The summed E-state index contributed by atoms with van der Waals surface area (Å²) < 4.78 is 34.8. The third-order valence-corrected chi connectivity index (χ3v) is 6.90. The van der Waals surface area contributed by atoms with Crippen LogP contribution in [0, 0.1) is 0 Å². The van der Waals surface area contributed by atoms with E-state index in [4.69, 9.17) is 16.3 Å². The van der Waals surface area contributed by atoms with E-state index in [9.17, 15) is 13.2 Å². The van der Waals surface area contributed by atoms with Crippen molar-refractivity contribution in [3.8, 4) is 5.75 Å². The fourth-order valence-electron chi connectivity index (χ4n) is 3.70. The molecule has 3 aromatic rings. The Balaban J connectivity index is 1.70. The van der Waals surface area contributed by atoms with Crippen LogP contribution >= 0.6 is 11.6 Å². The SMILES string of the molecule is COc1ccccc1NS(=O)(=O)c1cc(NC(=O)c2ccnc(Cl)c2)ccc1N1CCCC1. The van der Waals surface area contributed by atoms with Crippen molar-refractivity contribution >= 4 is 44.6 Å². The van der Waals surface area contributed by atoms with E-state index in [1.54, 1.807) is 36.4 Å². The normalized spacial score (nSPS) is 13.6. The number of sulfonamides is 1. The third-order valence-electron chi connectivity index (χ3n) is 5.29. The van der Waals surface area contributed by atoms with E-state index in [1.807, 2.05) is 4.90 Å². The Hall–Kier alpha value is -3.30. The molecule has 2 aromatic carbocycles. The monoisotopic (exact) mass is 486 g/mol. The van der Waals surface area contributed by atoms with Crippen LogP contribution in [-0.4, -0.2) is 39.5 Å². The summed E-state index contributed by atoms with van der Waals surface area (Å²) in [6, 6.07) is 14.6. The number of anilines is 3. The van der Waals surface area contributed by atoms with Crippen LogP contribution < -0.4 is 19.7 Å². The minimum absolute atomic E-state index is 0.0702. The second kappa shape index (κ2) is 9.68. The Labute approximate surface area is 197 Å². The summed E-state index contributed by atoms with van der Waals surface area (Å²) in [5.74, 6) is -0.0166. The Morgan fingerprint density at radius 3 is 2.58 bits per heavy atom. The number of halogens is 1. The van der Waals surface area contributed by atoms with E-state index >= 15 is 0 Å². The molecule has 1 amide bonds. The summed E-state index contributed by atoms with van der Waals surface area (Å²) in [6.07, 6.45) is 3.40. The first-order valence-corrected chi connectivity index (χ1v) is 12.2. The van der Waals surface area contributed by atoms with Crippen LogP contribution in [0.5, 0.6) is 5.75 Å². The summed E-state index contributed by atoms with van der Waals surface area (Å²) >= 11 is 5.88. The smallest absolute Gasteiger partial charge is 0.264 e. The molecule has 4 rings (SSSR count). The number of hydrogen-bond donors (Lipinski definition) is 2. The quantitative estimate of drug-likeness (QED) is 0.480.